The van der Waals surface area contributed by atoms with E-state index >= 15 is 0 Å². The van der Waals surface area contributed by atoms with Gasteiger partial charge in [0.25, 0.3) is 0 Å². The minimum atomic E-state index is -1.09. The normalized spacial score (nSPS) is 12.2. The largest absolute Gasteiger partial charge is 0.480 e. The lowest BCUT2D eigenvalue weighted by Crippen LogP contribution is -2.44. The van der Waals surface area contributed by atoms with E-state index in [9.17, 15) is 19.2 Å². The predicted octanol–water partition coefficient (Wildman–Crippen LogP) is 3.03. The molecule has 2 atom stereocenters. The van der Waals surface area contributed by atoms with Crippen molar-refractivity contribution in [1.29, 1.82) is 0 Å². The average Bonchev–Trinajstić information content (AvgIpc) is 2.73. The first-order valence-corrected chi connectivity index (χ1v) is 10.7. The molecule has 0 bridgehead atoms. The summed E-state index contributed by atoms with van der Waals surface area (Å²) < 4.78 is 5.04. The second-order valence-electron chi connectivity index (χ2n) is 8.51. The number of benzene rings is 2. The molecule has 2 amide bonds. The number of carbonyl (C=O) groups excluding carboxylic acids is 2. The van der Waals surface area contributed by atoms with Crippen LogP contribution in [0.15, 0.2) is 60.7 Å². The van der Waals surface area contributed by atoms with Crippen LogP contribution in [0, 0.1) is 0 Å². The lowest BCUT2D eigenvalue weighted by molar-refractivity contribution is -0.141. The van der Waals surface area contributed by atoms with Crippen LogP contribution in [0.5, 0.6) is 0 Å². The minimum Gasteiger partial charge on any atom is -0.480 e. The van der Waals surface area contributed by atoms with Gasteiger partial charge in [0, 0.05) is 19.8 Å². The Morgan fingerprint density at radius 2 is 1.15 bits per heavy atom. The van der Waals surface area contributed by atoms with Crippen LogP contribution in [0.4, 0.5) is 4.79 Å². The van der Waals surface area contributed by atoms with Crippen LogP contribution in [0.25, 0.3) is 0 Å². The van der Waals surface area contributed by atoms with E-state index in [1.165, 1.54) is 6.92 Å². The predicted molar refractivity (Wildman–Crippen MR) is 126 cm³/mol. The van der Waals surface area contributed by atoms with E-state index in [1.54, 1.807) is 20.8 Å². The van der Waals surface area contributed by atoms with E-state index in [1.807, 2.05) is 60.7 Å². The third-order valence-corrected chi connectivity index (χ3v) is 4.23. The molecule has 0 heterocycles. The lowest BCUT2D eigenvalue weighted by atomic mass is 10.1. The van der Waals surface area contributed by atoms with Gasteiger partial charge in [0.05, 0.1) is 0 Å². The second kappa shape index (κ2) is 13.6. The first kappa shape index (κ1) is 28.2. The summed E-state index contributed by atoms with van der Waals surface area (Å²) in [5.74, 6) is -2.44. The highest BCUT2D eigenvalue weighted by Gasteiger charge is 2.24. The third-order valence-electron chi connectivity index (χ3n) is 4.23. The summed E-state index contributed by atoms with van der Waals surface area (Å²) in [5.41, 5.74) is 1.07. The number of carboxylic acid groups (broad SMARTS) is 2. The van der Waals surface area contributed by atoms with Gasteiger partial charge < -0.3 is 25.6 Å². The van der Waals surface area contributed by atoms with Gasteiger partial charge in [0.1, 0.15) is 17.7 Å². The molecule has 2 rings (SSSR count). The van der Waals surface area contributed by atoms with Gasteiger partial charge in [-0.15, -0.1) is 0 Å². The van der Waals surface area contributed by atoms with Crippen molar-refractivity contribution in [2.75, 3.05) is 0 Å². The fourth-order valence-electron chi connectivity index (χ4n) is 2.79. The number of carboxylic acids is 2. The van der Waals surface area contributed by atoms with Crippen molar-refractivity contribution >= 4 is 23.9 Å². The number of hydrogen-bond acceptors (Lipinski definition) is 5. The van der Waals surface area contributed by atoms with Gasteiger partial charge in [0.2, 0.25) is 5.91 Å². The van der Waals surface area contributed by atoms with Crippen LogP contribution in [0.1, 0.15) is 38.8 Å². The van der Waals surface area contributed by atoms with Gasteiger partial charge in [-0.25, -0.2) is 14.4 Å². The zero-order valence-electron chi connectivity index (χ0n) is 19.8. The minimum absolute atomic E-state index is 0.218. The maximum atomic E-state index is 11.6. The van der Waals surface area contributed by atoms with E-state index in [2.05, 4.69) is 10.6 Å². The number of aliphatic carboxylic acids is 2. The Labute approximate surface area is 199 Å². The zero-order chi connectivity index (χ0) is 25.7. The Kier molecular flexibility index (Phi) is 11.3. The first-order valence-electron chi connectivity index (χ1n) is 10.7. The quantitative estimate of drug-likeness (QED) is 0.463. The summed E-state index contributed by atoms with van der Waals surface area (Å²) in [6, 6.07) is 16.4. The van der Waals surface area contributed by atoms with E-state index in [-0.39, 0.29) is 12.3 Å². The summed E-state index contributed by atoms with van der Waals surface area (Å²) in [4.78, 5) is 44.3. The molecule has 0 aliphatic rings. The van der Waals surface area contributed by atoms with Crippen molar-refractivity contribution in [3.05, 3.63) is 71.8 Å². The summed E-state index contributed by atoms with van der Waals surface area (Å²) in [6.07, 6.45) is -0.207. The molecule has 2 unspecified atom stereocenters. The standard InChI is InChI=1S/C14H19NO4.C11H13NO3/c1-14(2,3)19-13(18)15-11(12(16)17)9-10-7-5-4-6-8-10;1-8(13)12-10(11(14)15)7-9-5-3-2-4-6-9/h4-8,11H,9H2,1-3H3,(H,15,18)(H,16,17);2-6,10H,7H2,1H3,(H,12,13)(H,14,15). The number of amides is 2. The highest BCUT2D eigenvalue weighted by Crippen LogP contribution is 2.08. The summed E-state index contributed by atoms with van der Waals surface area (Å²) in [5, 5.41) is 22.7. The van der Waals surface area contributed by atoms with Gasteiger partial charge in [0.15, 0.2) is 0 Å². The third kappa shape index (κ3) is 12.2. The van der Waals surface area contributed by atoms with Crippen LogP contribution in [-0.4, -0.2) is 51.8 Å². The number of carbonyl (C=O) groups is 4. The highest BCUT2D eigenvalue weighted by atomic mass is 16.6. The molecule has 0 saturated heterocycles. The number of nitrogens with one attached hydrogen (secondary N) is 2. The molecule has 2 aromatic rings. The van der Waals surface area contributed by atoms with Crippen molar-refractivity contribution in [3.63, 3.8) is 0 Å². The first-order chi connectivity index (χ1) is 15.9. The van der Waals surface area contributed by atoms with Gasteiger partial charge in [-0.1, -0.05) is 60.7 Å². The maximum absolute atomic E-state index is 11.6. The summed E-state index contributed by atoms with van der Waals surface area (Å²) >= 11 is 0. The molecular weight excluding hydrogens is 440 g/mol. The Morgan fingerprint density at radius 1 is 0.765 bits per heavy atom. The van der Waals surface area contributed by atoms with Gasteiger partial charge >= 0.3 is 18.0 Å². The second-order valence-corrected chi connectivity index (χ2v) is 8.51. The Morgan fingerprint density at radius 3 is 1.47 bits per heavy atom. The molecule has 4 N–H and O–H groups in total. The molecule has 0 aliphatic carbocycles. The Balaban J connectivity index is 0.000000350. The molecule has 0 aliphatic heterocycles. The summed E-state index contributed by atoms with van der Waals surface area (Å²) in [6.45, 7) is 6.47. The van der Waals surface area contributed by atoms with Gasteiger partial charge in [-0.3, -0.25) is 4.79 Å². The smallest absolute Gasteiger partial charge is 0.408 e. The van der Waals surface area contributed by atoms with Crippen molar-refractivity contribution < 1.29 is 34.1 Å². The van der Waals surface area contributed by atoms with Gasteiger partial charge in [-0.2, -0.15) is 0 Å². The van der Waals surface area contributed by atoms with Crippen molar-refractivity contribution in [2.45, 2.75) is 58.2 Å². The number of ether oxygens (including phenoxy) is 1. The molecule has 184 valence electrons. The Bertz CT molecular complexity index is 941. The molecule has 0 aromatic heterocycles. The SMILES string of the molecule is CC(=O)NC(Cc1ccccc1)C(=O)O.CC(C)(C)OC(=O)NC(Cc1ccccc1)C(=O)O. The maximum Gasteiger partial charge on any atom is 0.408 e. The van der Waals surface area contributed by atoms with Crippen LogP contribution >= 0.6 is 0 Å². The van der Waals surface area contributed by atoms with E-state index in [4.69, 9.17) is 14.9 Å². The lowest BCUT2D eigenvalue weighted by Gasteiger charge is -2.22. The molecule has 0 saturated carbocycles. The molecule has 34 heavy (non-hydrogen) atoms. The van der Waals surface area contributed by atoms with Crippen LogP contribution in [0.2, 0.25) is 0 Å². The van der Waals surface area contributed by atoms with Crippen molar-refractivity contribution in [2.24, 2.45) is 0 Å². The fourth-order valence-corrected chi connectivity index (χ4v) is 2.79. The molecule has 9 heteroatoms. The molecule has 9 nitrogen and oxygen atoms in total. The molecule has 0 spiro atoms. The van der Waals surface area contributed by atoms with Crippen molar-refractivity contribution in [3.8, 4) is 0 Å². The van der Waals surface area contributed by atoms with E-state index < -0.39 is 35.7 Å². The van der Waals surface area contributed by atoms with Crippen LogP contribution in [0.3, 0.4) is 0 Å². The van der Waals surface area contributed by atoms with E-state index in [0.717, 1.165) is 11.1 Å². The average molecular weight is 473 g/mol. The fraction of sp³-hybridized carbons (Fsp3) is 0.360. The summed E-state index contributed by atoms with van der Waals surface area (Å²) in [7, 11) is 0. The van der Waals surface area contributed by atoms with Gasteiger partial charge in [-0.05, 0) is 31.9 Å². The van der Waals surface area contributed by atoms with Crippen LogP contribution in [-0.2, 0) is 32.0 Å². The monoisotopic (exact) mass is 472 g/mol. The Hall–Kier alpha value is -3.88. The van der Waals surface area contributed by atoms with Crippen LogP contribution < -0.4 is 10.6 Å². The number of hydrogen-bond donors (Lipinski definition) is 4. The molecular formula is C25H32N2O7. The van der Waals surface area contributed by atoms with Crippen molar-refractivity contribution in [1.82, 2.24) is 10.6 Å². The zero-order valence-corrected chi connectivity index (χ0v) is 19.8. The number of alkyl carbamates (subject to hydrolysis) is 1. The molecule has 0 fully saturated rings. The highest BCUT2D eigenvalue weighted by molar-refractivity contribution is 5.82. The van der Waals surface area contributed by atoms with E-state index in [0.29, 0.717) is 6.42 Å². The topological polar surface area (TPSA) is 142 Å². The molecule has 2 aromatic carbocycles. The number of rotatable bonds is 8. The molecule has 0 radical (unpaired) electrons.